The largest absolute Gasteiger partial charge is 0.207 e. The van der Waals surface area contributed by atoms with Crippen molar-refractivity contribution in [2.45, 2.75) is 11.8 Å². The lowest BCUT2D eigenvalue weighted by Gasteiger charge is -2.31. The van der Waals surface area contributed by atoms with Crippen LogP contribution in [0.3, 0.4) is 0 Å². The van der Waals surface area contributed by atoms with Gasteiger partial charge in [-0.25, -0.2) is 8.78 Å². The number of alkyl halides is 2. The van der Waals surface area contributed by atoms with E-state index in [9.17, 15) is 8.78 Å². The molecule has 0 saturated carbocycles. The van der Waals surface area contributed by atoms with Crippen LogP contribution in [0.15, 0.2) is 48.5 Å². The maximum Gasteiger partial charge on any atom is 0.127 e. The van der Waals surface area contributed by atoms with Crippen molar-refractivity contribution in [3.05, 3.63) is 71.3 Å². The zero-order chi connectivity index (χ0) is 14.6. The second-order valence-electron chi connectivity index (χ2n) is 4.80. The third-order valence-corrected chi connectivity index (χ3v) is 4.47. The molecular weight excluding hydrogens is 301 g/mol. The van der Waals surface area contributed by atoms with Gasteiger partial charge in [0.05, 0.1) is 0 Å². The van der Waals surface area contributed by atoms with Crippen molar-refractivity contribution in [2.24, 2.45) is 0 Å². The molecule has 0 heterocycles. The Hall–Kier alpha value is -1.12. The summed E-state index contributed by atoms with van der Waals surface area (Å²) < 4.78 is 27.9. The first-order valence-electron chi connectivity index (χ1n) is 6.23. The van der Waals surface area contributed by atoms with Gasteiger partial charge in [-0.15, -0.1) is 23.2 Å². The minimum Gasteiger partial charge on any atom is -0.207 e. The van der Waals surface area contributed by atoms with Gasteiger partial charge in [0, 0.05) is 17.2 Å². The third kappa shape index (κ3) is 2.97. The molecule has 20 heavy (non-hydrogen) atoms. The van der Waals surface area contributed by atoms with Crippen molar-refractivity contribution in [1.82, 2.24) is 0 Å². The van der Waals surface area contributed by atoms with E-state index >= 15 is 0 Å². The Morgan fingerprint density at radius 2 is 1.35 bits per heavy atom. The first kappa shape index (κ1) is 15.3. The van der Waals surface area contributed by atoms with Crippen LogP contribution >= 0.6 is 23.2 Å². The molecule has 0 aliphatic carbocycles. The maximum atomic E-state index is 14.1. The van der Waals surface area contributed by atoms with Gasteiger partial charge < -0.3 is 0 Å². The van der Waals surface area contributed by atoms with E-state index in [1.54, 1.807) is 36.4 Å². The van der Waals surface area contributed by atoms with Gasteiger partial charge in [-0.1, -0.05) is 36.4 Å². The van der Waals surface area contributed by atoms with E-state index < -0.39 is 5.41 Å². The van der Waals surface area contributed by atoms with Gasteiger partial charge >= 0.3 is 0 Å². The molecule has 106 valence electrons. The Kier molecular flexibility index (Phi) is 5.00. The highest BCUT2D eigenvalue weighted by atomic mass is 35.5. The highest BCUT2D eigenvalue weighted by molar-refractivity contribution is 6.22. The standard InChI is InChI=1S/C16H14Cl2F2/c17-10-16(11-18,13-6-2-4-8-15(13)20)9-12-5-1-3-7-14(12)19/h1-8H,9-11H2. The number of halogens is 4. The SMILES string of the molecule is Fc1ccccc1CC(CCl)(CCl)c1ccccc1F. The van der Waals surface area contributed by atoms with E-state index in [1.807, 2.05) is 0 Å². The van der Waals surface area contributed by atoms with E-state index in [0.29, 0.717) is 11.1 Å². The molecule has 4 heteroatoms. The molecule has 0 amide bonds. The summed E-state index contributed by atoms with van der Waals surface area (Å²) in [5.41, 5.74) is 0.0849. The molecule has 2 aromatic rings. The summed E-state index contributed by atoms with van der Waals surface area (Å²) in [6.45, 7) is 0. The molecule has 0 aliphatic rings. The first-order chi connectivity index (χ1) is 9.63. The fourth-order valence-corrected chi connectivity index (χ4v) is 3.03. The molecule has 0 radical (unpaired) electrons. The van der Waals surface area contributed by atoms with Crippen molar-refractivity contribution in [2.75, 3.05) is 11.8 Å². The lowest BCUT2D eigenvalue weighted by Crippen LogP contribution is -2.34. The van der Waals surface area contributed by atoms with Crippen molar-refractivity contribution >= 4 is 23.2 Å². The van der Waals surface area contributed by atoms with Gasteiger partial charge in [-0.3, -0.25) is 0 Å². The summed E-state index contributed by atoms with van der Waals surface area (Å²) in [4.78, 5) is 0. The Morgan fingerprint density at radius 1 is 0.800 bits per heavy atom. The molecule has 0 saturated heterocycles. The zero-order valence-electron chi connectivity index (χ0n) is 10.8. The van der Waals surface area contributed by atoms with Crippen LogP contribution in [0.4, 0.5) is 8.78 Å². The number of benzene rings is 2. The topological polar surface area (TPSA) is 0 Å². The van der Waals surface area contributed by atoms with Crippen LogP contribution in [0.25, 0.3) is 0 Å². The van der Waals surface area contributed by atoms with E-state index in [4.69, 9.17) is 23.2 Å². The summed E-state index contributed by atoms with van der Waals surface area (Å²) in [5.74, 6) is -0.467. The fraction of sp³-hybridized carbons (Fsp3) is 0.250. The van der Waals surface area contributed by atoms with E-state index in [1.165, 1.54) is 12.1 Å². The van der Waals surface area contributed by atoms with Gasteiger partial charge in [0.25, 0.3) is 0 Å². The van der Waals surface area contributed by atoms with Crippen LogP contribution in [0.2, 0.25) is 0 Å². The van der Waals surface area contributed by atoms with Crippen molar-refractivity contribution in [3.63, 3.8) is 0 Å². The van der Waals surface area contributed by atoms with Crippen molar-refractivity contribution in [1.29, 1.82) is 0 Å². The molecule has 2 aromatic carbocycles. The van der Waals surface area contributed by atoms with Crippen LogP contribution in [-0.2, 0) is 11.8 Å². The molecule has 0 bridgehead atoms. The molecule has 2 rings (SSSR count). The predicted octanol–water partition coefficient (Wildman–Crippen LogP) is 4.92. The second kappa shape index (κ2) is 6.55. The van der Waals surface area contributed by atoms with E-state index in [-0.39, 0.29) is 29.8 Å². The predicted molar refractivity (Wildman–Crippen MR) is 79.6 cm³/mol. The zero-order valence-corrected chi connectivity index (χ0v) is 12.3. The highest BCUT2D eigenvalue weighted by Gasteiger charge is 2.34. The number of rotatable bonds is 5. The Bertz CT molecular complexity index is 580. The molecular formula is C16H14Cl2F2. The average molecular weight is 315 g/mol. The number of hydrogen-bond donors (Lipinski definition) is 0. The lowest BCUT2D eigenvalue weighted by atomic mass is 9.78. The molecule has 0 aliphatic heterocycles. The molecule has 0 unspecified atom stereocenters. The Labute approximate surface area is 127 Å². The highest BCUT2D eigenvalue weighted by Crippen LogP contribution is 2.34. The van der Waals surface area contributed by atoms with Gasteiger partial charge in [0.1, 0.15) is 11.6 Å². The molecule has 0 nitrogen and oxygen atoms in total. The van der Waals surface area contributed by atoms with Crippen molar-refractivity contribution < 1.29 is 8.78 Å². The first-order valence-corrected chi connectivity index (χ1v) is 7.30. The minimum absolute atomic E-state index is 0.117. The summed E-state index contributed by atoms with van der Waals surface area (Å²) in [6, 6.07) is 12.8. The van der Waals surface area contributed by atoms with Crippen LogP contribution in [0, 0.1) is 11.6 Å². The minimum atomic E-state index is -0.823. The van der Waals surface area contributed by atoms with Crippen LogP contribution in [0.5, 0.6) is 0 Å². The van der Waals surface area contributed by atoms with Gasteiger partial charge in [0.15, 0.2) is 0 Å². The third-order valence-electron chi connectivity index (χ3n) is 3.44. The van der Waals surface area contributed by atoms with Gasteiger partial charge in [-0.2, -0.15) is 0 Å². The smallest absolute Gasteiger partial charge is 0.127 e. The maximum absolute atomic E-state index is 14.1. The van der Waals surface area contributed by atoms with Crippen molar-refractivity contribution in [3.8, 4) is 0 Å². The van der Waals surface area contributed by atoms with Crippen LogP contribution in [0.1, 0.15) is 11.1 Å². The quantitative estimate of drug-likeness (QED) is 0.687. The Morgan fingerprint density at radius 3 is 1.90 bits per heavy atom. The fourth-order valence-electron chi connectivity index (χ4n) is 2.27. The summed E-state index contributed by atoms with van der Waals surface area (Å²) in [6.07, 6.45) is 0.258. The van der Waals surface area contributed by atoms with Crippen LogP contribution < -0.4 is 0 Å². The van der Waals surface area contributed by atoms with Gasteiger partial charge in [-0.05, 0) is 29.7 Å². The number of hydrogen-bond acceptors (Lipinski definition) is 0. The Balaban J connectivity index is 2.46. The second-order valence-corrected chi connectivity index (χ2v) is 5.33. The van der Waals surface area contributed by atoms with Crippen LogP contribution in [-0.4, -0.2) is 11.8 Å². The molecule has 0 aromatic heterocycles. The molecule has 0 fully saturated rings. The molecule has 0 spiro atoms. The summed E-state index contributed by atoms with van der Waals surface area (Å²) in [5, 5.41) is 0. The normalized spacial score (nSPS) is 11.6. The summed E-state index contributed by atoms with van der Waals surface area (Å²) >= 11 is 12.1. The summed E-state index contributed by atoms with van der Waals surface area (Å²) in [7, 11) is 0. The van der Waals surface area contributed by atoms with Gasteiger partial charge in [0.2, 0.25) is 0 Å². The lowest BCUT2D eigenvalue weighted by molar-refractivity contribution is 0.478. The molecule has 0 N–H and O–H groups in total. The molecule has 0 atom stereocenters. The monoisotopic (exact) mass is 314 g/mol. The average Bonchev–Trinajstić information content (AvgIpc) is 2.48. The van der Waals surface area contributed by atoms with E-state index in [2.05, 4.69) is 0 Å². The van der Waals surface area contributed by atoms with E-state index in [0.717, 1.165) is 0 Å².